The molecule has 70 valence electrons. The van der Waals surface area contributed by atoms with Crippen molar-refractivity contribution in [1.29, 1.82) is 0 Å². The Kier molecular flexibility index (Phi) is 3.05. The van der Waals surface area contributed by atoms with Crippen molar-refractivity contribution in [3.63, 3.8) is 0 Å². The fourth-order valence-electron chi connectivity index (χ4n) is 1.79. The smallest absolute Gasteiger partial charge is 0.246 e. The molecule has 0 bridgehead atoms. The lowest BCUT2D eigenvalue weighted by Gasteiger charge is -2.28. The van der Waals surface area contributed by atoms with Gasteiger partial charge in [-0.1, -0.05) is 6.42 Å². The van der Waals surface area contributed by atoms with Crippen molar-refractivity contribution in [3.05, 3.63) is 0 Å². The topological polar surface area (TPSA) is 89.3 Å². The number of primary amides is 1. The molecule has 0 aromatic rings. The summed E-state index contributed by atoms with van der Waals surface area (Å²) in [5.74, 6) is -0.652. The lowest BCUT2D eigenvalue weighted by Crippen LogP contribution is -2.40. The van der Waals surface area contributed by atoms with Crippen molar-refractivity contribution in [3.8, 4) is 0 Å². The Labute approximate surface area is 71.9 Å². The molecule has 1 aliphatic rings. The van der Waals surface area contributed by atoms with Crippen molar-refractivity contribution in [2.45, 2.75) is 37.8 Å². The van der Waals surface area contributed by atoms with E-state index in [9.17, 15) is 9.90 Å². The predicted molar refractivity (Wildman–Crippen MR) is 45.1 cm³/mol. The van der Waals surface area contributed by atoms with E-state index in [-0.39, 0.29) is 12.0 Å². The second kappa shape index (κ2) is 3.87. The Morgan fingerprint density at radius 2 is 2.17 bits per heavy atom. The van der Waals surface area contributed by atoms with Crippen LogP contribution in [0, 0.1) is 5.92 Å². The first-order chi connectivity index (χ1) is 5.61. The zero-order valence-corrected chi connectivity index (χ0v) is 7.07. The Morgan fingerprint density at radius 3 is 2.67 bits per heavy atom. The van der Waals surface area contributed by atoms with Crippen LogP contribution in [0.1, 0.15) is 25.7 Å². The summed E-state index contributed by atoms with van der Waals surface area (Å²) in [5.41, 5.74) is 10.7. The first-order valence-corrected chi connectivity index (χ1v) is 4.34. The molecule has 0 saturated heterocycles. The molecule has 0 radical (unpaired) electrons. The maximum Gasteiger partial charge on any atom is 0.246 e. The van der Waals surface area contributed by atoms with Gasteiger partial charge in [-0.3, -0.25) is 4.79 Å². The number of hydrogen-bond donors (Lipinski definition) is 3. The number of nitrogens with two attached hydrogens (primary N) is 2. The summed E-state index contributed by atoms with van der Waals surface area (Å²) in [7, 11) is 0. The summed E-state index contributed by atoms with van der Waals surface area (Å²) in [5, 5.41) is 9.34. The zero-order chi connectivity index (χ0) is 9.14. The summed E-state index contributed by atoms with van der Waals surface area (Å²) >= 11 is 0. The zero-order valence-electron chi connectivity index (χ0n) is 7.07. The van der Waals surface area contributed by atoms with Gasteiger partial charge in [0, 0.05) is 6.04 Å². The summed E-state index contributed by atoms with van der Waals surface area (Å²) in [6.07, 6.45) is 2.54. The van der Waals surface area contributed by atoms with E-state index in [4.69, 9.17) is 11.5 Å². The van der Waals surface area contributed by atoms with Crippen LogP contribution in [0.3, 0.4) is 0 Å². The highest BCUT2D eigenvalue weighted by atomic mass is 16.3. The molecule has 0 heterocycles. The Balaban J connectivity index is 2.45. The molecule has 0 aromatic heterocycles. The molecule has 4 nitrogen and oxygen atoms in total. The van der Waals surface area contributed by atoms with Crippen LogP contribution in [-0.2, 0) is 4.79 Å². The monoisotopic (exact) mass is 172 g/mol. The van der Waals surface area contributed by atoms with E-state index >= 15 is 0 Å². The molecule has 0 aliphatic heterocycles. The van der Waals surface area contributed by atoms with Crippen LogP contribution in [0.4, 0.5) is 0 Å². The van der Waals surface area contributed by atoms with E-state index in [1.165, 1.54) is 0 Å². The van der Waals surface area contributed by atoms with Crippen molar-refractivity contribution < 1.29 is 9.90 Å². The minimum atomic E-state index is -1.00. The SMILES string of the molecule is NC(=O)[C@@H](O)[C@@H]1CCC[C@H](N)C1. The van der Waals surface area contributed by atoms with Gasteiger partial charge in [0.05, 0.1) is 0 Å². The molecular formula is C8H16N2O2. The minimum absolute atomic E-state index is 0.0220. The summed E-state index contributed by atoms with van der Waals surface area (Å²) < 4.78 is 0. The molecule has 4 heteroatoms. The van der Waals surface area contributed by atoms with E-state index in [0.717, 1.165) is 19.3 Å². The van der Waals surface area contributed by atoms with Crippen LogP contribution in [0.25, 0.3) is 0 Å². The van der Waals surface area contributed by atoms with Crippen molar-refractivity contribution >= 4 is 5.91 Å². The van der Waals surface area contributed by atoms with Gasteiger partial charge < -0.3 is 16.6 Å². The van der Waals surface area contributed by atoms with Gasteiger partial charge in [-0.2, -0.15) is 0 Å². The lowest BCUT2D eigenvalue weighted by molar-refractivity contribution is -0.129. The van der Waals surface area contributed by atoms with Gasteiger partial charge in [0.25, 0.3) is 0 Å². The average molecular weight is 172 g/mol. The first-order valence-electron chi connectivity index (χ1n) is 4.34. The third kappa shape index (κ3) is 2.19. The van der Waals surface area contributed by atoms with Crippen LogP contribution in [0.15, 0.2) is 0 Å². The lowest BCUT2D eigenvalue weighted by atomic mass is 9.82. The Bertz CT molecular complexity index is 172. The quantitative estimate of drug-likeness (QED) is 0.517. The largest absolute Gasteiger partial charge is 0.383 e. The minimum Gasteiger partial charge on any atom is -0.383 e. The molecule has 1 amide bonds. The van der Waals surface area contributed by atoms with Crippen LogP contribution >= 0.6 is 0 Å². The van der Waals surface area contributed by atoms with Gasteiger partial charge in [-0.25, -0.2) is 0 Å². The second-order valence-electron chi connectivity index (χ2n) is 3.53. The van der Waals surface area contributed by atoms with E-state index in [1.807, 2.05) is 0 Å². The number of aliphatic hydroxyl groups excluding tert-OH is 1. The van der Waals surface area contributed by atoms with Crippen molar-refractivity contribution in [2.75, 3.05) is 0 Å². The molecule has 1 aliphatic carbocycles. The number of aliphatic hydroxyl groups is 1. The Morgan fingerprint density at radius 1 is 1.50 bits per heavy atom. The molecule has 1 rings (SSSR count). The standard InChI is InChI=1S/C8H16N2O2/c9-6-3-1-2-5(4-6)7(11)8(10)12/h5-7,11H,1-4,9H2,(H2,10,12)/t5-,6+,7+/m1/s1. The number of carbonyl (C=O) groups excluding carboxylic acids is 1. The van der Waals surface area contributed by atoms with E-state index in [0.29, 0.717) is 6.42 Å². The summed E-state index contributed by atoms with van der Waals surface area (Å²) in [6.45, 7) is 0. The molecular weight excluding hydrogens is 156 g/mol. The average Bonchev–Trinajstić information content (AvgIpc) is 2.03. The molecule has 1 fully saturated rings. The van der Waals surface area contributed by atoms with Gasteiger partial charge in [0.2, 0.25) is 5.91 Å². The maximum atomic E-state index is 10.6. The normalized spacial score (nSPS) is 32.8. The summed E-state index contributed by atoms with van der Waals surface area (Å²) in [6, 6.07) is 0.123. The van der Waals surface area contributed by atoms with Crippen molar-refractivity contribution in [2.24, 2.45) is 17.4 Å². The van der Waals surface area contributed by atoms with Crippen LogP contribution < -0.4 is 11.5 Å². The third-order valence-electron chi connectivity index (χ3n) is 2.49. The maximum absolute atomic E-state index is 10.6. The van der Waals surface area contributed by atoms with E-state index in [1.54, 1.807) is 0 Å². The van der Waals surface area contributed by atoms with Gasteiger partial charge in [0.1, 0.15) is 6.10 Å². The number of rotatable bonds is 2. The van der Waals surface area contributed by atoms with Gasteiger partial charge in [-0.05, 0) is 25.2 Å². The van der Waals surface area contributed by atoms with Crippen LogP contribution in [-0.4, -0.2) is 23.2 Å². The number of carbonyl (C=O) groups is 1. The van der Waals surface area contributed by atoms with E-state index in [2.05, 4.69) is 0 Å². The second-order valence-corrected chi connectivity index (χ2v) is 3.53. The van der Waals surface area contributed by atoms with Gasteiger partial charge in [-0.15, -0.1) is 0 Å². The highest BCUT2D eigenvalue weighted by molar-refractivity contribution is 5.78. The number of amides is 1. The summed E-state index contributed by atoms with van der Waals surface area (Å²) in [4.78, 5) is 10.6. The van der Waals surface area contributed by atoms with Gasteiger partial charge in [0.15, 0.2) is 0 Å². The van der Waals surface area contributed by atoms with Gasteiger partial charge >= 0.3 is 0 Å². The molecule has 12 heavy (non-hydrogen) atoms. The van der Waals surface area contributed by atoms with Crippen LogP contribution in [0.2, 0.25) is 0 Å². The fraction of sp³-hybridized carbons (Fsp3) is 0.875. The molecule has 0 aromatic carbocycles. The third-order valence-corrected chi connectivity index (χ3v) is 2.49. The molecule has 5 N–H and O–H groups in total. The molecule has 3 atom stereocenters. The highest BCUT2D eigenvalue weighted by Crippen LogP contribution is 2.25. The Hall–Kier alpha value is -0.610. The van der Waals surface area contributed by atoms with E-state index < -0.39 is 12.0 Å². The fourth-order valence-corrected chi connectivity index (χ4v) is 1.79. The first kappa shape index (κ1) is 9.48. The molecule has 0 unspecified atom stereocenters. The highest BCUT2D eigenvalue weighted by Gasteiger charge is 2.28. The molecule has 0 spiro atoms. The van der Waals surface area contributed by atoms with Crippen LogP contribution in [0.5, 0.6) is 0 Å². The number of hydrogen-bond acceptors (Lipinski definition) is 3. The molecule has 1 saturated carbocycles. The predicted octanol–water partition coefficient (Wildman–Crippen LogP) is -0.650. The van der Waals surface area contributed by atoms with Crippen molar-refractivity contribution in [1.82, 2.24) is 0 Å².